The molecule has 8 aromatic rings. The summed E-state index contributed by atoms with van der Waals surface area (Å²) < 4.78 is 184. The monoisotopic (exact) mass is 1300 g/mol. The minimum absolute atomic E-state index is 0. The first-order valence-electron chi connectivity index (χ1n) is 22.2. The maximum absolute atomic E-state index is 12.8. The van der Waals surface area contributed by atoms with Crippen LogP contribution >= 0.6 is 46.9 Å². The molecule has 0 radical (unpaired) electrons. The fourth-order valence-corrected chi connectivity index (χ4v) is 7.49. The highest BCUT2D eigenvalue weighted by Gasteiger charge is 2.37. The highest BCUT2D eigenvalue weighted by Crippen LogP contribution is 2.35. The van der Waals surface area contributed by atoms with E-state index in [1.165, 1.54) is 57.1 Å². The summed E-state index contributed by atoms with van der Waals surface area (Å²) >= 11 is 8.44. The van der Waals surface area contributed by atoms with Crippen molar-refractivity contribution in [3.8, 4) is 45.5 Å². The lowest BCUT2D eigenvalue weighted by Gasteiger charge is -2.09. The Morgan fingerprint density at radius 1 is 0.518 bits per heavy atom. The van der Waals surface area contributed by atoms with Crippen LogP contribution in [0.15, 0.2) is 128 Å². The summed E-state index contributed by atoms with van der Waals surface area (Å²) in [5, 5.41) is 16.3. The van der Waals surface area contributed by atoms with E-state index >= 15 is 0 Å². The largest absolute Gasteiger partial charge is 0.490 e. The van der Waals surface area contributed by atoms with Gasteiger partial charge in [0.15, 0.2) is 21.2 Å². The number of sulfone groups is 1. The van der Waals surface area contributed by atoms with Gasteiger partial charge in [-0.2, -0.15) is 52.7 Å². The summed E-state index contributed by atoms with van der Waals surface area (Å²) in [4.78, 5) is 62.7. The number of methoxy groups -OCH3 is 2. The summed E-state index contributed by atoms with van der Waals surface area (Å²) in [7, 11) is -2.53. The second-order valence-electron chi connectivity index (χ2n) is 15.5. The predicted octanol–water partition coefficient (Wildman–Crippen LogP) is 9.39. The molecule has 0 fully saturated rings. The minimum atomic E-state index is -4.82. The molecule has 38 heteroatoms. The molecule has 0 atom stereocenters. The van der Waals surface area contributed by atoms with Crippen molar-refractivity contribution >= 4 is 69.3 Å². The van der Waals surface area contributed by atoms with Gasteiger partial charge in [0.05, 0.1) is 31.3 Å². The van der Waals surface area contributed by atoms with Crippen LogP contribution in [0.3, 0.4) is 0 Å². The van der Waals surface area contributed by atoms with Crippen molar-refractivity contribution in [1.82, 2.24) is 59.8 Å². The first-order chi connectivity index (χ1) is 39.1. The van der Waals surface area contributed by atoms with Crippen LogP contribution in [-0.2, 0) is 34.5 Å². The average molecular weight is 1310 g/mol. The van der Waals surface area contributed by atoms with E-state index in [0.717, 1.165) is 59.7 Å². The number of rotatable bonds is 10. The number of alkyl halides is 12. The van der Waals surface area contributed by atoms with Crippen LogP contribution < -0.4 is 26.1 Å². The third-order valence-electron chi connectivity index (χ3n) is 9.50. The molecule has 0 bridgehead atoms. The first kappa shape index (κ1) is 71.8. The molecule has 0 spiro atoms. The van der Waals surface area contributed by atoms with Gasteiger partial charge in [-0.05, 0) is 61.2 Å². The predicted molar refractivity (Wildman–Crippen MR) is 291 cm³/mol. The first-order valence-corrected chi connectivity index (χ1v) is 28.1. The van der Waals surface area contributed by atoms with Gasteiger partial charge >= 0.3 is 31.8 Å². The van der Waals surface area contributed by atoms with E-state index in [1.807, 2.05) is 0 Å². The second kappa shape index (κ2) is 31.1. The molecule has 456 valence electrons. The molecule has 8 aromatic heterocycles. The number of nitrogens with one attached hydrogen (secondary N) is 2. The fourth-order valence-electron chi connectivity index (χ4n) is 5.59. The Hall–Kier alpha value is -7.45. The van der Waals surface area contributed by atoms with Gasteiger partial charge in [-0.25, -0.2) is 58.3 Å². The molecular weight excluding hydrogens is 1260 g/mol. The van der Waals surface area contributed by atoms with Gasteiger partial charge < -0.3 is 29.5 Å². The van der Waals surface area contributed by atoms with Gasteiger partial charge in [0, 0.05) is 77.5 Å². The Bertz CT molecular complexity index is 3690. The molecule has 0 saturated carbocycles. The van der Waals surface area contributed by atoms with Crippen LogP contribution in [-0.4, -0.2) is 125 Å². The lowest BCUT2D eigenvalue weighted by atomic mass is 9.82. The topological polar surface area (TPSA) is 288 Å². The van der Waals surface area contributed by atoms with Gasteiger partial charge in [-0.3, -0.25) is 9.59 Å². The van der Waals surface area contributed by atoms with E-state index in [-0.39, 0.29) is 56.3 Å². The number of aromatic amines is 2. The molecule has 0 unspecified atom stereocenters. The third kappa shape index (κ3) is 22.8. The Labute approximate surface area is 491 Å². The normalized spacial score (nSPS) is 11.4. The lowest BCUT2D eigenvalue weighted by Crippen LogP contribution is -2.29. The van der Waals surface area contributed by atoms with Crippen LogP contribution in [0.25, 0.3) is 33.8 Å². The Kier molecular flexibility index (Phi) is 26.3. The Morgan fingerprint density at radius 3 is 1.21 bits per heavy atom. The van der Waals surface area contributed by atoms with Crippen LogP contribution in [0, 0.1) is 0 Å². The van der Waals surface area contributed by atoms with Gasteiger partial charge in [-0.1, -0.05) is 60.4 Å². The molecule has 0 aliphatic carbocycles. The quantitative estimate of drug-likeness (QED) is 0.0326. The maximum atomic E-state index is 12.8. The number of pyridine rings is 4. The molecule has 8 heterocycles. The summed E-state index contributed by atoms with van der Waals surface area (Å²) in [6.07, 6.45) is -7.65. The second-order valence-corrected chi connectivity index (χ2v) is 20.1. The van der Waals surface area contributed by atoms with E-state index in [1.54, 1.807) is 37.0 Å². The SMILES string of the molecule is C.COc1ccc(-c2cc(C(F)(F)F)nc(SC)n2)cn1.COc1ccc(B(O)O)cn1.CS(=O)(=O)c1nc(-c2ccc(=O)[nH]c2)cc(C(F)(F)F)n1.CSc1nc(-c2ccc(=O)[nH]c2)cc(C(F)(F)F)n1.CSc1nc(Cl)cc(C(F)(F)F)n1. The van der Waals surface area contributed by atoms with Crippen molar-refractivity contribution in [2.24, 2.45) is 0 Å². The van der Waals surface area contributed by atoms with Crippen molar-refractivity contribution < 1.29 is 80.6 Å². The summed E-state index contributed by atoms with van der Waals surface area (Å²) in [5.41, 5.74) is -3.78. The molecular formula is C47H42BClF12N12O8S4. The zero-order chi connectivity index (χ0) is 63.0. The molecule has 4 N–H and O–H groups in total. The van der Waals surface area contributed by atoms with E-state index in [2.05, 4.69) is 59.8 Å². The zero-order valence-electron chi connectivity index (χ0n) is 43.2. The van der Waals surface area contributed by atoms with E-state index < -0.39 is 75.2 Å². The molecule has 0 aliphatic heterocycles. The fraction of sp³-hybridized carbons (Fsp3) is 0.234. The van der Waals surface area contributed by atoms with Crippen LogP contribution in [0.4, 0.5) is 52.7 Å². The number of nitrogens with zero attached hydrogens (tertiary/aromatic N) is 10. The Morgan fingerprint density at radius 2 is 0.882 bits per heavy atom. The van der Waals surface area contributed by atoms with Crippen molar-refractivity contribution in [3.05, 3.63) is 146 Å². The summed E-state index contributed by atoms with van der Waals surface area (Å²) in [5.74, 6) is 0.832. The standard InChI is InChI=1S/C12H10F3N3OS.C11H8F3N3O3S.C11H8F3N3OS.C6H8BNO3.C6H4ClF3N2S.CH4/c1-19-10-4-3-7(6-16-10)8-5-9(12(13,14)15)18-11(17-8)20-2;1-21(19,20)10-16-7(4-8(17-10)11(12,13)14)6-2-3-9(18)15-5-6;1-19-10-16-7(4-8(17-10)11(12,13)14)6-2-3-9(18)15-5-6;1-11-6-3-2-5(4-8-6)7(9)10;1-13-5-11-3(6(8,9)10)2-4(7)12-5;/h3-6H,1-2H3;2-5H,1H3,(H,15,18);2-5H,1H3,(H,15,18);2-4,9-10H,1H3;2H,1H3;1H4. The molecule has 20 nitrogen and oxygen atoms in total. The van der Waals surface area contributed by atoms with E-state index in [9.17, 15) is 70.7 Å². The van der Waals surface area contributed by atoms with Crippen molar-refractivity contribution in [1.29, 1.82) is 0 Å². The van der Waals surface area contributed by atoms with E-state index in [4.69, 9.17) is 31.1 Å². The number of aromatic nitrogens is 12. The molecule has 0 amide bonds. The summed E-state index contributed by atoms with van der Waals surface area (Å²) in [6.45, 7) is 0. The smallest absolute Gasteiger partial charge is 0.481 e. The lowest BCUT2D eigenvalue weighted by molar-refractivity contribution is -0.142. The van der Waals surface area contributed by atoms with Gasteiger partial charge in [-0.15, -0.1) is 0 Å². The average Bonchev–Trinajstić information content (AvgIpc) is 3.64. The number of thioether (sulfide) groups is 3. The van der Waals surface area contributed by atoms with Crippen molar-refractivity contribution in [2.45, 2.75) is 52.8 Å². The Balaban J connectivity index is 0.000000283. The number of H-pyrrole nitrogens is 2. The number of ether oxygens (including phenoxy) is 2. The molecule has 0 aromatic carbocycles. The third-order valence-corrected chi connectivity index (χ3v) is 12.2. The zero-order valence-corrected chi connectivity index (χ0v) is 47.2. The highest BCUT2D eigenvalue weighted by molar-refractivity contribution is 7.98. The van der Waals surface area contributed by atoms with Crippen LogP contribution in [0.5, 0.6) is 11.8 Å². The molecule has 0 saturated heterocycles. The van der Waals surface area contributed by atoms with Crippen LogP contribution in [0.2, 0.25) is 5.15 Å². The summed E-state index contributed by atoms with van der Waals surface area (Å²) in [6, 6.07) is 14.3. The molecule has 0 aliphatic rings. The van der Waals surface area contributed by atoms with Crippen LogP contribution in [0.1, 0.15) is 30.2 Å². The van der Waals surface area contributed by atoms with E-state index in [0.29, 0.717) is 46.7 Å². The van der Waals surface area contributed by atoms with Gasteiger partial charge in [0.1, 0.15) is 22.2 Å². The maximum Gasteiger partial charge on any atom is 0.490 e. The number of halogens is 13. The van der Waals surface area contributed by atoms with Gasteiger partial charge in [0.2, 0.25) is 37.9 Å². The molecule has 85 heavy (non-hydrogen) atoms. The van der Waals surface area contributed by atoms with Gasteiger partial charge in [0.25, 0.3) is 0 Å². The highest BCUT2D eigenvalue weighted by atomic mass is 35.5. The molecule has 8 rings (SSSR count). The van der Waals surface area contributed by atoms with Crippen molar-refractivity contribution in [2.75, 3.05) is 39.2 Å². The minimum Gasteiger partial charge on any atom is -0.481 e. The van der Waals surface area contributed by atoms with Crippen molar-refractivity contribution in [3.63, 3.8) is 0 Å². The number of hydrogen-bond donors (Lipinski definition) is 4. The number of hydrogen-bond acceptors (Lipinski definition) is 21.